The highest BCUT2D eigenvalue weighted by Crippen LogP contribution is 2.20. The Morgan fingerprint density at radius 3 is 3.21 bits per heavy atom. The lowest BCUT2D eigenvalue weighted by molar-refractivity contribution is -0.134. The fourth-order valence-corrected chi connectivity index (χ4v) is 3.71. The molecule has 0 aliphatic carbocycles. The first-order chi connectivity index (χ1) is 9.33. The average Bonchev–Trinajstić information content (AvgIpc) is 3.11. The number of aromatic nitrogens is 3. The standard InChI is InChI=1S/C12H19N5OS/c18-12(11-6-19-9-14-11)16-3-1-2-10(4-16)5-17-8-13-7-15-17/h7-8,10-11,14H,1-6,9H2. The zero-order chi connectivity index (χ0) is 13.1. The lowest BCUT2D eigenvalue weighted by atomic mass is 9.97. The van der Waals surface area contributed by atoms with Gasteiger partial charge in [-0.3, -0.25) is 14.8 Å². The number of nitrogens with one attached hydrogen (secondary N) is 1. The second-order valence-electron chi connectivity index (χ2n) is 5.18. The third-order valence-corrected chi connectivity index (χ3v) is 4.70. The molecule has 104 valence electrons. The Morgan fingerprint density at radius 1 is 1.53 bits per heavy atom. The van der Waals surface area contributed by atoms with Gasteiger partial charge in [-0.05, 0) is 18.8 Å². The summed E-state index contributed by atoms with van der Waals surface area (Å²) in [5.74, 6) is 2.57. The Balaban J connectivity index is 1.56. The predicted molar refractivity (Wildman–Crippen MR) is 73.6 cm³/mol. The molecule has 2 unspecified atom stereocenters. The summed E-state index contributed by atoms with van der Waals surface area (Å²) in [6, 6.07) is 0.0233. The molecule has 1 aromatic heterocycles. The van der Waals surface area contributed by atoms with Crippen molar-refractivity contribution in [3.63, 3.8) is 0 Å². The molecule has 2 saturated heterocycles. The summed E-state index contributed by atoms with van der Waals surface area (Å²) in [4.78, 5) is 18.3. The second kappa shape index (κ2) is 5.92. The summed E-state index contributed by atoms with van der Waals surface area (Å²) in [5.41, 5.74) is 0. The number of carbonyl (C=O) groups excluding carboxylic acids is 1. The highest BCUT2D eigenvalue weighted by atomic mass is 32.2. The highest BCUT2D eigenvalue weighted by molar-refractivity contribution is 7.99. The van der Waals surface area contributed by atoms with Gasteiger partial charge in [0.1, 0.15) is 12.7 Å². The first-order valence-corrected chi connectivity index (χ1v) is 7.91. The van der Waals surface area contributed by atoms with Crippen LogP contribution in [0.5, 0.6) is 0 Å². The van der Waals surface area contributed by atoms with E-state index in [0.717, 1.165) is 44.1 Å². The Kier molecular flexibility index (Phi) is 4.03. The smallest absolute Gasteiger partial charge is 0.240 e. The lowest BCUT2D eigenvalue weighted by Crippen LogP contribution is -2.49. The Bertz CT molecular complexity index is 418. The summed E-state index contributed by atoms with van der Waals surface area (Å²) < 4.78 is 1.86. The summed E-state index contributed by atoms with van der Waals surface area (Å²) >= 11 is 1.80. The molecule has 2 atom stereocenters. The van der Waals surface area contributed by atoms with Gasteiger partial charge in [0.05, 0.1) is 6.04 Å². The molecule has 3 heterocycles. The zero-order valence-electron chi connectivity index (χ0n) is 10.9. The van der Waals surface area contributed by atoms with Crippen molar-refractivity contribution in [2.45, 2.75) is 25.4 Å². The van der Waals surface area contributed by atoms with Crippen LogP contribution in [0.15, 0.2) is 12.7 Å². The van der Waals surface area contributed by atoms with Gasteiger partial charge in [0.2, 0.25) is 5.91 Å². The highest BCUT2D eigenvalue weighted by Gasteiger charge is 2.30. The molecule has 0 spiro atoms. The molecule has 3 rings (SSSR count). The number of likely N-dealkylation sites (tertiary alicyclic amines) is 1. The van der Waals surface area contributed by atoms with Crippen molar-refractivity contribution in [3.8, 4) is 0 Å². The first-order valence-electron chi connectivity index (χ1n) is 6.75. The van der Waals surface area contributed by atoms with Gasteiger partial charge in [-0.2, -0.15) is 5.10 Å². The van der Waals surface area contributed by atoms with E-state index < -0.39 is 0 Å². The van der Waals surface area contributed by atoms with Crippen LogP contribution in [-0.4, -0.2) is 56.3 Å². The number of nitrogens with zero attached hydrogens (tertiary/aromatic N) is 4. The van der Waals surface area contributed by atoms with Crippen molar-refractivity contribution in [2.24, 2.45) is 5.92 Å². The predicted octanol–water partition coefficient (Wildman–Crippen LogP) is 0.179. The number of carbonyl (C=O) groups is 1. The van der Waals surface area contributed by atoms with E-state index in [2.05, 4.69) is 15.4 Å². The van der Waals surface area contributed by atoms with Crippen LogP contribution >= 0.6 is 11.8 Å². The van der Waals surface area contributed by atoms with Crippen LogP contribution in [0.25, 0.3) is 0 Å². The minimum atomic E-state index is 0.0233. The molecule has 6 nitrogen and oxygen atoms in total. The van der Waals surface area contributed by atoms with Gasteiger partial charge >= 0.3 is 0 Å². The molecule has 2 aliphatic heterocycles. The van der Waals surface area contributed by atoms with E-state index in [1.165, 1.54) is 0 Å². The zero-order valence-corrected chi connectivity index (χ0v) is 11.7. The molecule has 1 amide bonds. The lowest BCUT2D eigenvalue weighted by Gasteiger charge is -2.34. The Labute approximate surface area is 116 Å². The molecular formula is C12H19N5OS. The fraction of sp³-hybridized carbons (Fsp3) is 0.750. The van der Waals surface area contributed by atoms with Crippen LogP contribution in [0.2, 0.25) is 0 Å². The molecule has 0 saturated carbocycles. The van der Waals surface area contributed by atoms with E-state index in [9.17, 15) is 4.79 Å². The van der Waals surface area contributed by atoms with Crippen LogP contribution in [0.4, 0.5) is 0 Å². The molecule has 0 radical (unpaired) electrons. The van der Waals surface area contributed by atoms with Crippen LogP contribution < -0.4 is 5.32 Å². The van der Waals surface area contributed by atoms with E-state index in [1.807, 2.05) is 9.58 Å². The van der Waals surface area contributed by atoms with Gasteiger partial charge in [-0.1, -0.05) is 0 Å². The maximum Gasteiger partial charge on any atom is 0.240 e. The van der Waals surface area contributed by atoms with E-state index >= 15 is 0 Å². The normalized spacial score (nSPS) is 27.7. The van der Waals surface area contributed by atoms with E-state index in [-0.39, 0.29) is 11.9 Å². The number of hydrogen-bond donors (Lipinski definition) is 1. The Morgan fingerprint density at radius 2 is 2.47 bits per heavy atom. The van der Waals surface area contributed by atoms with Crippen molar-refractivity contribution in [1.82, 2.24) is 25.0 Å². The second-order valence-corrected chi connectivity index (χ2v) is 6.21. The number of piperidine rings is 1. The summed E-state index contributed by atoms with van der Waals surface area (Å²) in [6.45, 7) is 2.60. The van der Waals surface area contributed by atoms with Crippen molar-refractivity contribution in [3.05, 3.63) is 12.7 Å². The third-order valence-electron chi connectivity index (χ3n) is 3.76. The van der Waals surface area contributed by atoms with Crippen LogP contribution in [0.1, 0.15) is 12.8 Å². The molecular weight excluding hydrogens is 262 g/mol. The largest absolute Gasteiger partial charge is 0.341 e. The molecule has 1 N–H and O–H groups in total. The van der Waals surface area contributed by atoms with E-state index in [1.54, 1.807) is 24.4 Å². The molecule has 19 heavy (non-hydrogen) atoms. The summed E-state index contributed by atoms with van der Waals surface area (Å²) in [7, 11) is 0. The summed E-state index contributed by atoms with van der Waals surface area (Å²) in [6.07, 6.45) is 5.56. The van der Waals surface area contributed by atoms with Gasteiger partial charge in [-0.25, -0.2) is 4.98 Å². The van der Waals surface area contributed by atoms with Crippen LogP contribution in [0.3, 0.4) is 0 Å². The van der Waals surface area contributed by atoms with Crippen molar-refractivity contribution in [2.75, 3.05) is 24.7 Å². The number of hydrogen-bond acceptors (Lipinski definition) is 5. The minimum Gasteiger partial charge on any atom is -0.341 e. The third kappa shape index (κ3) is 3.09. The molecule has 0 aromatic carbocycles. The molecule has 0 bridgehead atoms. The maximum absolute atomic E-state index is 12.4. The van der Waals surface area contributed by atoms with Gasteiger partial charge < -0.3 is 4.90 Å². The molecule has 2 fully saturated rings. The fourth-order valence-electron chi connectivity index (χ4n) is 2.78. The quantitative estimate of drug-likeness (QED) is 0.856. The first kappa shape index (κ1) is 12.9. The van der Waals surface area contributed by atoms with Gasteiger partial charge in [0.15, 0.2) is 0 Å². The van der Waals surface area contributed by atoms with E-state index in [0.29, 0.717) is 5.92 Å². The molecule has 7 heteroatoms. The monoisotopic (exact) mass is 281 g/mol. The minimum absolute atomic E-state index is 0.0233. The summed E-state index contributed by atoms with van der Waals surface area (Å²) in [5, 5.41) is 7.40. The van der Waals surface area contributed by atoms with Crippen molar-refractivity contribution in [1.29, 1.82) is 0 Å². The number of amides is 1. The maximum atomic E-state index is 12.4. The average molecular weight is 281 g/mol. The van der Waals surface area contributed by atoms with Crippen LogP contribution in [0, 0.1) is 5.92 Å². The number of thioether (sulfide) groups is 1. The molecule has 2 aliphatic rings. The van der Waals surface area contributed by atoms with Crippen molar-refractivity contribution >= 4 is 17.7 Å². The topological polar surface area (TPSA) is 63.1 Å². The van der Waals surface area contributed by atoms with Gasteiger partial charge in [0.25, 0.3) is 0 Å². The van der Waals surface area contributed by atoms with E-state index in [4.69, 9.17) is 0 Å². The van der Waals surface area contributed by atoms with Crippen molar-refractivity contribution < 1.29 is 4.79 Å². The Hall–Kier alpha value is -1.08. The van der Waals surface area contributed by atoms with Crippen LogP contribution in [-0.2, 0) is 11.3 Å². The van der Waals surface area contributed by atoms with Gasteiger partial charge in [-0.15, -0.1) is 11.8 Å². The van der Waals surface area contributed by atoms with Gasteiger partial charge in [0, 0.05) is 31.3 Å². The number of rotatable bonds is 3. The SMILES string of the molecule is O=C(C1CSCN1)N1CCCC(Cn2cncn2)C1. The molecule has 1 aromatic rings.